The van der Waals surface area contributed by atoms with Gasteiger partial charge in [0.25, 0.3) is 0 Å². The molecule has 126 valence electrons. The molecule has 5 nitrogen and oxygen atoms in total. The molecule has 0 amide bonds. The Kier molecular flexibility index (Phi) is 6.47. The van der Waals surface area contributed by atoms with Crippen LogP contribution in [-0.2, 0) is 6.42 Å². The zero-order chi connectivity index (χ0) is 16.7. The fourth-order valence-electron chi connectivity index (χ4n) is 2.64. The highest BCUT2D eigenvalue weighted by Gasteiger charge is 2.17. The Bertz CT molecular complexity index is 690. The van der Waals surface area contributed by atoms with Gasteiger partial charge in [-0.2, -0.15) is 0 Å². The molecule has 0 unspecified atom stereocenters. The molecular formula is C18H24O5. The largest absolute Gasteiger partial charge is 0.506 e. The number of aliphatic hydroxyl groups is 1. The van der Waals surface area contributed by atoms with Gasteiger partial charge in [-0.1, -0.05) is 38.7 Å². The summed E-state index contributed by atoms with van der Waals surface area (Å²) >= 11 is 0. The van der Waals surface area contributed by atoms with Crippen LogP contribution in [-0.4, -0.2) is 23.4 Å². The predicted octanol–water partition coefficient (Wildman–Crippen LogP) is 3.38. The molecule has 2 aromatic rings. The molecule has 2 N–H and O–H groups in total. The van der Waals surface area contributed by atoms with Crippen LogP contribution in [0.5, 0.6) is 11.5 Å². The van der Waals surface area contributed by atoms with Gasteiger partial charge in [0, 0.05) is 0 Å². The van der Waals surface area contributed by atoms with Crippen molar-refractivity contribution in [3.05, 3.63) is 34.2 Å². The Labute approximate surface area is 135 Å². The highest BCUT2D eigenvalue weighted by Crippen LogP contribution is 2.34. The lowest BCUT2D eigenvalue weighted by Crippen LogP contribution is -2.09. The molecule has 1 heterocycles. The number of hydrogen-bond acceptors (Lipinski definition) is 5. The van der Waals surface area contributed by atoms with Crippen molar-refractivity contribution in [3.8, 4) is 11.5 Å². The summed E-state index contributed by atoms with van der Waals surface area (Å²) in [5.74, 6) is 0.338. The first-order chi connectivity index (χ1) is 11.2. The summed E-state index contributed by atoms with van der Waals surface area (Å²) in [5.41, 5.74) is 0.0940. The first-order valence-corrected chi connectivity index (χ1v) is 8.20. The monoisotopic (exact) mass is 320 g/mol. The Morgan fingerprint density at radius 2 is 1.96 bits per heavy atom. The second-order valence-electron chi connectivity index (χ2n) is 5.58. The molecule has 0 aliphatic rings. The van der Waals surface area contributed by atoms with E-state index in [2.05, 4.69) is 6.92 Å². The van der Waals surface area contributed by atoms with E-state index in [0.717, 1.165) is 25.7 Å². The van der Waals surface area contributed by atoms with Gasteiger partial charge < -0.3 is 19.4 Å². The third kappa shape index (κ3) is 4.26. The van der Waals surface area contributed by atoms with Gasteiger partial charge in [-0.25, -0.2) is 4.79 Å². The molecule has 0 saturated carbocycles. The summed E-state index contributed by atoms with van der Waals surface area (Å²) in [6.07, 6.45) is 5.81. The molecule has 0 saturated heterocycles. The van der Waals surface area contributed by atoms with Gasteiger partial charge in [-0.05, 0) is 25.0 Å². The Morgan fingerprint density at radius 3 is 2.70 bits per heavy atom. The molecule has 0 aliphatic carbocycles. The van der Waals surface area contributed by atoms with Crippen LogP contribution in [0.15, 0.2) is 27.4 Å². The summed E-state index contributed by atoms with van der Waals surface area (Å²) in [6, 6.07) is 4.98. The van der Waals surface area contributed by atoms with Gasteiger partial charge in [0.2, 0.25) is 0 Å². The van der Waals surface area contributed by atoms with Crippen molar-refractivity contribution in [2.75, 3.05) is 13.2 Å². The lowest BCUT2D eigenvalue weighted by Gasteiger charge is -2.11. The summed E-state index contributed by atoms with van der Waals surface area (Å²) in [4.78, 5) is 12.1. The van der Waals surface area contributed by atoms with Crippen LogP contribution in [0, 0.1) is 0 Å². The second kappa shape index (κ2) is 8.58. The predicted molar refractivity (Wildman–Crippen MR) is 89.2 cm³/mol. The molecule has 1 aromatic heterocycles. The van der Waals surface area contributed by atoms with Gasteiger partial charge in [0.1, 0.15) is 29.1 Å². The maximum Gasteiger partial charge on any atom is 0.343 e. The Morgan fingerprint density at radius 1 is 1.17 bits per heavy atom. The number of fused-ring (bicyclic) bond motifs is 1. The van der Waals surface area contributed by atoms with Gasteiger partial charge in [0.05, 0.1) is 12.2 Å². The minimum atomic E-state index is -0.496. The SMILES string of the molecule is CCCCCCCc1c(O)c2c(OCCO)cccc2oc1=O. The van der Waals surface area contributed by atoms with Gasteiger partial charge in [-0.3, -0.25) is 0 Å². The van der Waals surface area contributed by atoms with Crippen LogP contribution < -0.4 is 10.4 Å². The smallest absolute Gasteiger partial charge is 0.343 e. The van der Waals surface area contributed by atoms with Crippen molar-refractivity contribution in [2.45, 2.75) is 45.4 Å². The van der Waals surface area contributed by atoms with Crippen LogP contribution in [0.2, 0.25) is 0 Å². The van der Waals surface area contributed by atoms with Gasteiger partial charge in [-0.15, -0.1) is 0 Å². The van der Waals surface area contributed by atoms with Gasteiger partial charge >= 0.3 is 5.63 Å². The van der Waals surface area contributed by atoms with Crippen LogP contribution in [0.1, 0.15) is 44.6 Å². The van der Waals surface area contributed by atoms with Crippen LogP contribution >= 0.6 is 0 Å². The van der Waals surface area contributed by atoms with E-state index in [4.69, 9.17) is 14.3 Å². The van der Waals surface area contributed by atoms with Gasteiger partial charge in [0.15, 0.2) is 0 Å². The molecule has 1 aromatic carbocycles. The van der Waals surface area contributed by atoms with E-state index in [-0.39, 0.29) is 24.5 Å². The van der Waals surface area contributed by atoms with Crippen molar-refractivity contribution in [1.82, 2.24) is 0 Å². The average Bonchev–Trinajstić information content (AvgIpc) is 2.55. The normalized spacial score (nSPS) is 11.0. The first-order valence-electron chi connectivity index (χ1n) is 8.20. The maximum atomic E-state index is 12.1. The number of hydrogen-bond donors (Lipinski definition) is 2. The van der Waals surface area contributed by atoms with E-state index in [1.807, 2.05) is 0 Å². The molecule has 0 spiro atoms. The number of ether oxygens (including phenoxy) is 1. The fourth-order valence-corrected chi connectivity index (χ4v) is 2.64. The fraction of sp³-hybridized carbons (Fsp3) is 0.500. The van der Waals surface area contributed by atoms with E-state index >= 15 is 0 Å². The van der Waals surface area contributed by atoms with E-state index < -0.39 is 5.63 Å². The van der Waals surface area contributed by atoms with Crippen molar-refractivity contribution in [2.24, 2.45) is 0 Å². The molecule has 0 fully saturated rings. The summed E-state index contributed by atoms with van der Waals surface area (Å²) in [7, 11) is 0. The van der Waals surface area contributed by atoms with E-state index in [0.29, 0.717) is 23.1 Å². The van der Waals surface area contributed by atoms with E-state index in [9.17, 15) is 9.90 Å². The molecule has 23 heavy (non-hydrogen) atoms. The quantitative estimate of drug-likeness (QED) is 0.547. The zero-order valence-corrected chi connectivity index (χ0v) is 13.5. The molecule has 0 radical (unpaired) electrons. The second-order valence-corrected chi connectivity index (χ2v) is 5.58. The minimum absolute atomic E-state index is 0.0692. The number of benzene rings is 1. The van der Waals surface area contributed by atoms with Crippen LogP contribution in [0.25, 0.3) is 11.0 Å². The van der Waals surface area contributed by atoms with Crippen molar-refractivity contribution >= 4 is 11.0 Å². The topological polar surface area (TPSA) is 79.9 Å². The van der Waals surface area contributed by atoms with E-state index in [1.165, 1.54) is 6.42 Å². The first kappa shape index (κ1) is 17.3. The molecule has 5 heteroatoms. The van der Waals surface area contributed by atoms with Crippen molar-refractivity contribution in [3.63, 3.8) is 0 Å². The Balaban J connectivity index is 2.28. The highest BCUT2D eigenvalue weighted by molar-refractivity contribution is 5.90. The molecule has 0 atom stereocenters. The van der Waals surface area contributed by atoms with E-state index in [1.54, 1.807) is 18.2 Å². The molecule has 0 bridgehead atoms. The number of aromatic hydroxyl groups is 1. The van der Waals surface area contributed by atoms with Crippen LogP contribution in [0.3, 0.4) is 0 Å². The summed E-state index contributed by atoms with van der Waals surface area (Å²) < 4.78 is 10.7. The zero-order valence-electron chi connectivity index (χ0n) is 13.5. The van der Waals surface area contributed by atoms with Crippen molar-refractivity contribution < 1.29 is 19.4 Å². The third-order valence-electron chi connectivity index (χ3n) is 3.84. The molecule has 2 rings (SSSR count). The standard InChI is InChI=1S/C18H24O5/c1-2-3-4-5-6-8-13-17(20)16-14(22-12-11-19)9-7-10-15(16)23-18(13)21/h7,9-10,19-20H,2-6,8,11-12H2,1H3. The lowest BCUT2D eigenvalue weighted by molar-refractivity contribution is 0.202. The molecular weight excluding hydrogens is 296 g/mol. The minimum Gasteiger partial charge on any atom is -0.506 e. The maximum absolute atomic E-state index is 12.1. The average molecular weight is 320 g/mol. The Hall–Kier alpha value is -2.01. The number of unbranched alkanes of at least 4 members (excludes halogenated alkanes) is 4. The van der Waals surface area contributed by atoms with Crippen LogP contribution in [0.4, 0.5) is 0 Å². The number of rotatable bonds is 9. The lowest BCUT2D eigenvalue weighted by atomic mass is 10.0. The summed E-state index contributed by atoms with van der Waals surface area (Å²) in [5, 5.41) is 19.8. The highest BCUT2D eigenvalue weighted by atomic mass is 16.5. The number of aliphatic hydroxyl groups excluding tert-OH is 1. The molecule has 0 aliphatic heterocycles. The van der Waals surface area contributed by atoms with Crippen molar-refractivity contribution in [1.29, 1.82) is 0 Å². The third-order valence-corrected chi connectivity index (χ3v) is 3.84. The summed E-state index contributed by atoms with van der Waals surface area (Å²) in [6.45, 7) is 2.14.